The fourth-order valence-corrected chi connectivity index (χ4v) is 1.40. The fourth-order valence-electron chi connectivity index (χ4n) is 1.40. The third-order valence-corrected chi connectivity index (χ3v) is 2.07. The van der Waals surface area contributed by atoms with Crippen LogP contribution >= 0.6 is 0 Å². The summed E-state index contributed by atoms with van der Waals surface area (Å²) in [7, 11) is 1.58. The van der Waals surface area contributed by atoms with E-state index in [9.17, 15) is 4.79 Å². The van der Waals surface area contributed by atoms with Gasteiger partial charge in [0.05, 0.1) is 12.6 Å². The van der Waals surface area contributed by atoms with Gasteiger partial charge in [-0.2, -0.15) is 0 Å². The van der Waals surface area contributed by atoms with E-state index in [0.29, 0.717) is 16.8 Å². The number of carbonyl (C=O) groups excluding carboxylic acids is 1. The van der Waals surface area contributed by atoms with Gasteiger partial charge < -0.3 is 4.74 Å². The monoisotopic (exact) mass is 187 g/mol. The van der Waals surface area contributed by atoms with Crippen molar-refractivity contribution in [1.29, 1.82) is 0 Å². The molecule has 1 aromatic carbocycles. The van der Waals surface area contributed by atoms with E-state index in [2.05, 4.69) is 4.98 Å². The van der Waals surface area contributed by atoms with Gasteiger partial charge in [-0.05, 0) is 18.2 Å². The Kier molecular flexibility index (Phi) is 2.14. The third kappa shape index (κ3) is 1.33. The number of ether oxygens (including phenoxy) is 1. The summed E-state index contributed by atoms with van der Waals surface area (Å²) in [4.78, 5) is 14.9. The van der Waals surface area contributed by atoms with Crippen LogP contribution < -0.4 is 4.74 Å². The van der Waals surface area contributed by atoms with Crippen molar-refractivity contribution in [2.24, 2.45) is 0 Å². The molecule has 3 heteroatoms. The third-order valence-electron chi connectivity index (χ3n) is 2.07. The lowest BCUT2D eigenvalue weighted by atomic mass is 10.1. The molecule has 0 amide bonds. The zero-order valence-corrected chi connectivity index (χ0v) is 7.73. The van der Waals surface area contributed by atoms with Crippen LogP contribution in [0.5, 0.6) is 5.75 Å². The second kappa shape index (κ2) is 3.46. The maximum absolute atomic E-state index is 10.8. The maximum Gasteiger partial charge on any atom is 0.152 e. The van der Waals surface area contributed by atoms with Gasteiger partial charge in [0.25, 0.3) is 0 Å². The number of fused-ring (bicyclic) bond motifs is 1. The molecular weight excluding hydrogens is 178 g/mol. The van der Waals surface area contributed by atoms with Gasteiger partial charge in [-0.3, -0.25) is 9.78 Å². The van der Waals surface area contributed by atoms with E-state index in [4.69, 9.17) is 4.74 Å². The lowest BCUT2D eigenvalue weighted by Gasteiger charge is -2.03. The fraction of sp³-hybridized carbons (Fsp3) is 0.0909. The van der Waals surface area contributed by atoms with Crippen molar-refractivity contribution in [3.8, 4) is 5.75 Å². The first-order valence-electron chi connectivity index (χ1n) is 4.23. The molecule has 0 saturated carbocycles. The molecule has 0 aliphatic rings. The summed E-state index contributed by atoms with van der Waals surface area (Å²) in [6.07, 6.45) is 2.46. The molecule has 0 aliphatic heterocycles. The van der Waals surface area contributed by atoms with Crippen molar-refractivity contribution in [2.45, 2.75) is 0 Å². The Bertz CT molecular complexity index is 480. The van der Waals surface area contributed by atoms with Crippen LogP contribution in [0, 0.1) is 0 Å². The number of rotatable bonds is 2. The molecule has 0 spiro atoms. The number of benzene rings is 1. The SMILES string of the molecule is COc1cc(C=O)c2ncccc2c1. The standard InChI is InChI=1S/C11H9NO2/c1-14-10-5-8-3-2-4-12-11(8)9(6-10)7-13/h2-7H,1H3. The smallest absolute Gasteiger partial charge is 0.152 e. The molecule has 1 aromatic heterocycles. The minimum Gasteiger partial charge on any atom is -0.497 e. The van der Waals surface area contributed by atoms with Crippen LogP contribution in [0.25, 0.3) is 10.9 Å². The van der Waals surface area contributed by atoms with Gasteiger partial charge in [0.2, 0.25) is 0 Å². The normalized spacial score (nSPS) is 10.1. The molecule has 0 N–H and O–H groups in total. The van der Waals surface area contributed by atoms with Gasteiger partial charge in [0, 0.05) is 17.1 Å². The van der Waals surface area contributed by atoms with Crippen LogP contribution in [0.4, 0.5) is 0 Å². The molecule has 3 nitrogen and oxygen atoms in total. The first kappa shape index (κ1) is 8.69. The molecular formula is C11H9NO2. The molecule has 0 unspecified atom stereocenters. The lowest BCUT2D eigenvalue weighted by Crippen LogP contribution is -1.90. The minimum atomic E-state index is 0.556. The number of nitrogens with zero attached hydrogens (tertiary/aromatic N) is 1. The van der Waals surface area contributed by atoms with Gasteiger partial charge in [-0.15, -0.1) is 0 Å². The van der Waals surface area contributed by atoms with Gasteiger partial charge in [0.15, 0.2) is 6.29 Å². The first-order chi connectivity index (χ1) is 6.85. The van der Waals surface area contributed by atoms with E-state index in [1.165, 1.54) is 0 Å². The number of carbonyl (C=O) groups is 1. The summed E-state index contributed by atoms with van der Waals surface area (Å²) in [6, 6.07) is 7.27. The molecule has 0 radical (unpaired) electrons. The summed E-state index contributed by atoms with van der Waals surface area (Å²) >= 11 is 0. The van der Waals surface area contributed by atoms with E-state index in [1.54, 1.807) is 19.4 Å². The molecule has 0 fully saturated rings. The predicted octanol–water partition coefficient (Wildman–Crippen LogP) is 2.06. The first-order valence-corrected chi connectivity index (χ1v) is 4.23. The number of hydrogen-bond donors (Lipinski definition) is 0. The van der Waals surface area contributed by atoms with Crippen LogP contribution in [0.2, 0.25) is 0 Å². The van der Waals surface area contributed by atoms with E-state index in [-0.39, 0.29) is 0 Å². The molecule has 2 aromatic rings. The lowest BCUT2D eigenvalue weighted by molar-refractivity contribution is 0.112. The molecule has 70 valence electrons. The number of methoxy groups -OCH3 is 1. The highest BCUT2D eigenvalue weighted by Crippen LogP contribution is 2.22. The predicted molar refractivity (Wildman–Crippen MR) is 53.7 cm³/mol. The molecule has 2 rings (SSSR count). The summed E-state index contributed by atoms with van der Waals surface area (Å²) in [5.41, 5.74) is 1.27. The largest absolute Gasteiger partial charge is 0.497 e. The molecule has 0 saturated heterocycles. The van der Waals surface area contributed by atoms with Crippen LogP contribution in [0.1, 0.15) is 10.4 Å². The maximum atomic E-state index is 10.8. The molecule has 0 aliphatic carbocycles. The Morgan fingerprint density at radius 1 is 1.43 bits per heavy atom. The average Bonchev–Trinajstić information content (AvgIpc) is 2.27. The van der Waals surface area contributed by atoms with Crippen molar-refractivity contribution >= 4 is 17.2 Å². The Morgan fingerprint density at radius 2 is 2.29 bits per heavy atom. The minimum absolute atomic E-state index is 0.556. The highest BCUT2D eigenvalue weighted by Gasteiger charge is 2.03. The Hall–Kier alpha value is -1.90. The van der Waals surface area contributed by atoms with Gasteiger partial charge >= 0.3 is 0 Å². The van der Waals surface area contributed by atoms with Gasteiger partial charge in [-0.25, -0.2) is 0 Å². The van der Waals surface area contributed by atoms with E-state index in [1.807, 2.05) is 18.2 Å². The van der Waals surface area contributed by atoms with E-state index < -0.39 is 0 Å². The zero-order valence-electron chi connectivity index (χ0n) is 7.73. The molecule has 0 bridgehead atoms. The Morgan fingerprint density at radius 3 is 3.00 bits per heavy atom. The van der Waals surface area contributed by atoms with Crippen LogP contribution in [-0.2, 0) is 0 Å². The Labute approximate surface area is 81.3 Å². The van der Waals surface area contributed by atoms with Crippen molar-refractivity contribution in [1.82, 2.24) is 4.98 Å². The highest BCUT2D eigenvalue weighted by molar-refractivity contribution is 5.96. The van der Waals surface area contributed by atoms with Gasteiger partial charge in [0.1, 0.15) is 5.75 Å². The topological polar surface area (TPSA) is 39.2 Å². The number of pyridine rings is 1. The van der Waals surface area contributed by atoms with Crippen LogP contribution in [0.3, 0.4) is 0 Å². The Balaban J connectivity index is 2.79. The zero-order chi connectivity index (χ0) is 9.97. The summed E-state index contributed by atoms with van der Waals surface area (Å²) < 4.78 is 5.08. The second-order valence-electron chi connectivity index (χ2n) is 2.91. The van der Waals surface area contributed by atoms with Crippen LogP contribution in [-0.4, -0.2) is 18.4 Å². The van der Waals surface area contributed by atoms with Crippen molar-refractivity contribution in [3.63, 3.8) is 0 Å². The number of hydrogen-bond acceptors (Lipinski definition) is 3. The van der Waals surface area contributed by atoms with Crippen molar-refractivity contribution in [2.75, 3.05) is 7.11 Å². The van der Waals surface area contributed by atoms with Crippen molar-refractivity contribution < 1.29 is 9.53 Å². The summed E-state index contributed by atoms with van der Waals surface area (Å²) in [5, 5.41) is 0.911. The molecule has 1 heterocycles. The van der Waals surface area contributed by atoms with Crippen molar-refractivity contribution in [3.05, 3.63) is 36.0 Å². The van der Waals surface area contributed by atoms with Gasteiger partial charge in [-0.1, -0.05) is 6.07 Å². The average molecular weight is 187 g/mol. The summed E-state index contributed by atoms with van der Waals surface area (Å²) in [5.74, 6) is 0.674. The van der Waals surface area contributed by atoms with E-state index in [0.717, 1.165) is 11.7 Å². The van der Waals surface area contributed by atoms with E-state index >= 15 is 0 Å². The number of aromatic nitrogens is 1. The summed E-state index contributed by atoms with van der Waals surface area (Å²) in [6.45, 7) is 0. The molecule has 14 heavy (non-hydrogen) atoms. The number of aldehydes is 1. The highest BCUT2D eigenvalue weighted by atomic mass is 16.5. The molecule has 0 atom stereocenters. The van der Waals surface area contributed by atoms with Crippen LogP contribution in [0.15, 0.2) is 30.5 Å². The second-order valence-corrected chi connectivity index (χ2v) is 2.91. The quantitative estimate of drug-likeness (QED) is 0.675.